The Bertz CT molecular complexity index is 4410. The van der Waals surface area contributed by atoms with Crippen molar-refractivity contribution in [3.63, 3.8) is 0 Å². The van der Waals surface area contributed by atoms with Gasteiger partial charge in [0.15, 0.2) is 0 Å². The quantitative estimate of drug-likeness (QED) is 0.158. The van der Waals surface area contributed by atoms with Gasteiger partial charge in [-0.1, -0.05) is 175 Å². The predicted octanol–water partition coefficient (Wildman–Crippen LogP) is 19.0. The van der Waals surface area contributed by atoms with Gasteiger partial charge in [-0.2, -0.15) is 0 Å². The van der Waals surface area contributed by atoms with E-state index in [0.717, 1.165) is 22.7 Å². The topological polar surface area (TPSA) is 10.9 Å². The van der Waals surface area contributed by atoms with Gasteiger partial charge in [-0.15, -0.1) is 0 Å². The molecule has 2 heterocycles. The minimum atomic E-state index is -0.633. The minimum Gasteiger partial charge on any atom is -0.310 e. The van der Waals surface area contributed by atoms with Gasteiger partial charge in [0, 0.05) is 61.2 Å². The van der Waals surface area contributed by atoms with Crippen LogP contribution in [0.3, 0.4) is 0 Å². The smallest absolute Gasteiger partial charge is 0.0727 e. The lowest BCUT2D eigenvalue weighted by atomic mass is 9.70. The molecule has 0 fully saturated rings. The van der Waals surface area contributed by atoms with Crippen LogP contribution < -0.4 is 9.80 Å². The Morgan fingerprint density at radius 3 is 1.50 bits per heavy atom. The van der Waals surface area contributed by atoms with Crippen LogP contribution in [0, 0.1) is 27.7 Å². The molecule has 0 aliphatic heterocycles. The van der Waals surface area contributed by atoms with E-state index in [9.17, 15) is 0 Å². The Morgan fingerprint density at radius 1 is 0.324 bits per heavy atom. The SMILES string of the molecule is Cc1ccc(N(c2ccc(-c3ccc4c(c3)C3(c5cc(N(c6ccc(C)cc6)c6ccccc6C)ccc5-4)c4ccccc4-c4c3ccc3c5cccc6c7ccccc7n(c43)c65)cc2)c2ccccc2C)cc1. The molecular weight excluding hydrogens is 895 g/mol. The zero-order chi connectivity index (χ0) is 49.4. The second-order valence-corrected chi connectivity index (χ2v) is 20.7. The maximum Gasteiger partial charge on any atom is 0.0727 e. The Kier molecular flexibility index (Phi) is 9.14. The first-order valence-corrected chi connectivity index (χ1v) is 25.9. The third-order valence-corrected chi connectivity index (χ3v) is 16.5. The standard InChI is InChI=1S/C71H51N3/c1-44-24-31-50(32-25-44)72(65-21-10-5-14-46(65)3)52-35-28-48(29-36-52)49-30-38-54-55-39-37-53(73(51-33-26-45(2)27-34-51)66-22-11-6-15-47(66)4)43-64(55)71(63(54)42-49)61-20-9-7-17-60(61)68-62(71)41-40-59-58-19-13-18-57-56-16-8-12-23-67(56)74(69(57)58)70(59)68/h5-43H,1-4H3. The molecule has 74 heavy (non-hydrogen) atoms. The molecule has 0 bridgehead atoms. The van der Waals surface area contributed by atoms with Crippen molar-refractivity contribution in [3.8, 4) is 33.4 Å². The number of fused-ring (bicyclic) bond motifs is 17. The maximum atomic E-state index is 2.59. The number of para-hydroxylation sites is 4. The highest BCUT2D eigenvalue weighted by Crippen LogP contribution is 2.65. The summed E-state index contributed by atoms with van der Waals surface area (Å²) < 4.78 is 2.59. The van der Waals surface area contributed by atoms with E-state index in [4.69, 9.17) is 0 Å². The lowest BCUT2D eigenvalue weighted by Gasteiger charge is -2.33. The number of rotatable bonds is 7. The molecule has 350 valence electrons. The van der Waals surface area contributed by atoms with Crippen molar-refractivity contribution < 1.29 is 0 Å². The summed E-state index contributed by atoms with van der Waals surface area (Å²) in [5.74, 6) is 0. The van der Waals surface area contributed by atoms with Gasteiger partial charge in [-0.25, -0.2) is 0 Å². The molecule has 0 amide bonds. The Labute approximate surface area is 431 Å². The van der Waals surface area contributed by atoms with Crippen molar-refractivity contribution in [2.24, 2.45) is 0 Å². The number of anilines is 6. The summed E-state index contributed by atoms with van der Waals surface area (Å²) in [6.45, 7) is 8.74. The van der Waals surface area contributed by atoms with E-state index < -0.39 is 5.41 Å². The summed E-state index contributed by atoms with van der Waals surface area (Å²) in [4.78, 5) is 4.84. The van der Waals surface area contributed by atoms with E-state index in [-0.39, 0.29) is 0 Å². The number of aryl methyl sites for hydroxylation is 4. The van der Waals surface area contributed by atoms with E-state index in [1.807, 2.05) is 0 Å². The van der Waals surface area contributed by atoms with E-state index in [1.165, 1.54) is 127 Å². The second kappa shape index (κ2) is 15.9. The van der Waals surface area contributed by atoms with Gasteiger partial charge in [0.25, 0.3) is 0 Å². The van der Waals surface area contributed by atoms with Gasteiger partial charge < -0.3 is 14.2 Å². The minimum absolute atomic E-state index is 0.633. The van der Waals surface area contributed by atoms with Gasteiger partial charge >= 0.3 is 0 Å². The predicted molar refractivity (Wildman–Crippen MR) is 311 cm³/mol. The molecule has 1 spiro atoms. The lowest BCUT2D eigenvalue weighted by molar-refractivity contribution is 0.794. The summed E-state index contributed by atoms with van der Waals surface area (Å²) >= 11 is 0. The van der Waals surface area contributed by atoms with Crippen LogP contribution in [0.5, 0.6) is 0 Å². The molecule has 2 aliphatic rings. The summed E-state index contributed by atoms with van der Waals surface area (Å²) in [6, 6.07) is 89.1. The van der Waals surface area contributed by atoms with Crippen LogP contribution in [0.25, 0.3) is 71.5 Å². The summed E-state index contributed by atoms with van der Waals surface area (Å²) in [5, 5.41) is 5.18. The second-order valence-electron chi connectivity index (χ2n) is 20.7. The zero-order valence-electron chi connectivity index (χ0n) is 41.9. The molecular formula is C71H51N3. The van der Waals surface area contributed by atoms with Crippen LogP contribution in [0.1, 0.15) is 44.5 Å². The van der Waals surface area contributed by atoms with Crippen LogP contribution in [-0.4, -0.2) is 4.40 Å². The Hall–Kier alpha value is -9.18. The van der Waals surface area contributed by atoms with Gasteiger partial charge in [0.05, 0.1) is 22.0 Å². The normalized spacial score (nSPS) is 14.3. The molecule has 1 atom stereocenters. The van der Waals surface area contributed by atoms with Gasteiger partial charge in [0.1, 0.15) is 0 Å². The van der Waals surface area contributed by atoms with Gasteiger partial charge in [-0.3, -0.25) is 0 Å². The van der Waals surface area contributed by atoms with Crippen molar-refractivity contribution in [1.82, 2.24) is 4.40 Å². The fourth-order valence-corrected chi connectivity index (χ4v) is 13.2. The molecule has 2 aromatic heterocycles. The largest absolute Gasteiger partial charge is 0.310 e. The first kappa shape index (κ1) is 42.5. The van der Waals surface area contributed by atoms with E-state index in [2.05, 4.69) is 278 Å². The summed E-state index contributed by atoms with van der Waals surface area (Å²) in [5.41, 5.74) is 27.8. The van der Waals surface area contributed by atoms with Gasteiger partial charge in [-0.05, 0) is 162 Å². The first-order chi connectivity index (χ1) is 36.4. The Balaban J connectivity index is 0.989. The monoisotopic (exact) mass is 945 g/mol. The highest BCUT2D eigenvalue weighted by atomic mass is 15.1. The van der Waals surface area contributed by atoms with E-state index in [1.54, 1.807) is 0 Å². The molecule has 0 saturated carbocycles. The Morgan fingerprint density at radius 2 is 0.824 bits per heavy atom. The van der Waals surface area contributed by atoms with Crippen molar-refractivity contribution in [2.45, 2.75) is 33.1 Å². The van der Waals surface area contributed by atoms with Gasteiger partial charge in [0.2, 0.25) is 0 Å². The average molecular weight is 946 g/mol. The molecule has 3 heteroatoms. The highest BCUT2D eigenvalue weighted by molar-refractivity contribution is 6.26. The van der Waals surface area contributed by atoms with Crippen LogP contribution in [0.15, 0.2) is 237 Å². The molecule has 0 N–H and O–H groups in total. The average Bonchev–Trinajstić information content (AvgIpc) is 4.24. The molecule has 15 rings (SSSR count). The number of benzene rings is 11. The van der Waals surface area contributed by atoms with Crippen LogP contribution in [0.2, 0.25) is 0 Å². The fourth-order valence-electron chi connectivity index (χ4n) is 13.2. The van der Waals surface area contributed by atoms with Crippen molar-refractivity contribution in [3.05, 3.63) is 281 Å². The molecule has 13 aromatic rings. The molecule has 11 aromatic carbocycles. The molecule has 1 unspecified atom stereocenters. The molecule has 3 nitrogen and oxygen atoms in total. The van der Waals surface area contributed by atoms with Crippen molar-refractivity contribution in [2.75, 3.05) is 9.80 Å². The van der Waals surface area contributed by atoms with Crippen LogP contribution >= 0.6 is 0 Å². The van der Waals surface area contributed by atoms with Crippen LogP contribution in [0.4, 0.5) is 34.1 Å². The maximum absolute atomic E-state index is 2.59. The van der Waals surface area contributed by atoms with Crippen molar-refractivity contribution in [1.29, 1.82) is 0 Å². The summed E-state index contributed by atoms with van der Waals surface area (Å²) in [6.07, 6.45) is 0. The van der Waals surface area contributed by atoms with Crippen LogP contribution in [-0.2, 0) is 5.41 Å². The highest BCUT2D eigenvalue weighted by Gasteiger charge is 2.53. The third-order valence-electron chi connectivity index (χ3n) is 16.5. The first-order valence-electron chi connectivity index (χ1n) is 25.9. The fraction of sp³-hybridized carbons (Fsp3) is 0.0704. The molecule has 0 saturated heterocycles. The van der Waals surface area contributed by atoms with E-state index >= 15 is 0 Å². The van der Waals surface area contributed by atoms with Crippen molar-refractivity contribution >= 4 is 72.2 Å². The number of hydrogen-bond acceptors (Lipinski definition) is 2. The number of hydrogen-bond donors (Lipinski definition) is 0. The third kappa shape index (κ3) is 5.89. The zero-order valence-corrected chi connectivity index (χ0v) is 41.9. The molecule has 0 radical (unpaired) electrons. The summed E-state index contributed by atoms with van der Waals surface area (Å²) in [7, 11) is 0. The lowest BCUT2D eigenvalue weighted by Crippen LogP contribution is -2.26. The number of nitrogens with zero attached hydrogens (tertiary/aromatic N) is 3. The van der Waals surface area contributed by atoms with E-state index in [0.29, 0.717) is 0 Å². The molecule has 2 aliphatic carbocycles. The number of aromatic nitrogens is 1.